The first-order chi connectivity index (χ1) is 12.5. The number of benzene rings is 2. The molecule has 0 amide bonds. The van der Waals surface area contributed by atoms with Crippen molar-refractivity contribution in [1.82, 2.24) is 0 Å². The van der Waals surface area contributed by atoms with Crippen LogP contribution in [0.3, 0.4) is 0 Å². The van der Waals surface area contributed by atoms with E-state index in [9.17, 15) is 19.8 Å². The Labute approximate surface area is 148 Å². The normalized spacial score (nSPS) is 11.2. The molecule has 0 N–H and O–H groups in total. The molecule has 0 aliphatic rings. The van der Waals surface area contributed by atoms with Gasteiger partial charge in [-0.3, -0.25) is 10.1 Å². The molecule has 0 aliphatic carbocycles. The molecule has 0 aliphatic heterocycles. The van der Waals surface area contributed by atoms with Crippen LogP contribution >= 0.6 is 0 Å². The molecule has 0 unspecified atom stereocenters. The van der Waals surface area contributed by atoms with E-state index in [4.69, 9.17) is 4.42 Å². The highest BCUT2D eigenvalue weighted by atomic mass is 19.1. The zero-order valence-electron chi connectivity index (χ0n) is 13.8. The molecule has 26 heavy (non-hydrogen) atoms. The minimum atomic E-state index is -0.449. The standard InChI is InChI=1S/C20H13FN2O3/c1-13-10-17(23(24)25)6-8-19(13)20-9-7-18(26-20)11-15(12-22)14-2-4-16(21)5-3-14/h2-11H,1H3/b15-11-. The van der Waals surface area contributed by atoms with Gasteiger partial charge >= 0.3 is 0 Å². The van der Waals surface area contributed by atoms with E-state index in [-0.39, 0.29) is 11.5 Å². The number of hydrogen-bond acceptors (Lipinski definition) is 4. The Morgan fingerprint density at radius 3 is 2.54 bits per heavy atom. The lowest BCUT2D eigenvalue weighted by Gasteiger charge is -2.02. The molecule has 0 bridgehead atoms. The summed E-state index contributed by atoms with van der Waals surface area (Å²) >= 11 is 0. The summed E-state index contributed by atoms with van der Waals surface area (Å²) in [6, 6.07) is 15.7. The smallest absolute Gasteiger partial charge is 0.269 e. The summed E-state index contributed by atoms with van der Waals surface area (Å²) in [6.45, 7) is 1.76. The molecule has 2 aromatic carbocycles. The molecule has 0 saturated heterocycles. The zero-order valence-corrected chi connectivity index (χ0v) is 13.8. The highest BCUT2D eigenvalue weighted by molar-refractivity contribution is 5.88. The van der Waals surface area contributed by atoms with Crippen LogP contribution in [0, 0.1) is 34.2 Å². The lowest BCUT2D eigenvalue weighted by atomic mass is 10.1. The van der Waals surface area contributed by atoms with Crippen molar-refractivity contribution in [2.75, 3.05) is 0 Å². The summed E-state index contributed by atoms with van der Waals surface area (Å²) in [6.07, 6.45) is 1.57. The number of allylic oxidation sites excluding steroid dienone is 1. The van der Waals surface area contributed by atoms with Gasteiger partial charge in [0.15, 0.2) is 0 Å². The molecule has 5 nitrogen and oxygen atoms in total. The number of rotatable bonds is 4. The molecule has 0 atom stereocenters. The van der Waals surface area contributed by atoms with Crippen molar-refractivity contribution >= 4 is 17.3 Å². The van der Waals surface area contributed by atoms with Gasteiger partial charge in [0.1, 0.15) is 17.3 Å². The van der Waals surface area contributed by atoms with E-state index < -0.39 is 4.92 Å². The van der Waals surface area contributed by atoms with Crippen LogP contribution in [0.15, 0.2) is 59.0 Å². The molecule has 0 spiro atoms. The number of halogens is 1. The van der Waals surface area contributed by atoms with Crippen molar-refractivity contribution in [2.45, 2.75) is 6.92 Å². The lowest BCUT2D eigenvalue weighted by molar-refractivity contribution is -0.384. The number of nitriles is 1. The van der Waals surface area contributed by atoms with Gasteiger partial charge in [0, 0.05) is 17.7 Å². The third kappa shape index (κ3) is 3.52. The van der Waals surface area contributed by atoms with E-state index in [1.807, 2.05) is 0 Å². The van der Waals surface area contributed by atoms with E-state index in [0.717, 1.165) is 5.56 Å². The summed E-state index contributed by atoms with van der Waals surface area (Å²) in [5.74, 6) is 0.624. The van der Waals surface area contributed by atoms with Crippen molar-refractivity contribution in [2.24, 2.45) is 0 Å². The third-order valence-corrected chi connectivity index (χ3v) is 3.88. The van der Waals surface area contributed by atoms with Gasteiger partial charge in [-0.2, -0.15) is 5.26 Å². The Kier molecular flexibility index (Phi) is 4.63. The second kappa shape index (κ2) is 7.03. The molecule has 0 radical (unpaired) electrons. The van der Waals surface area contributed by atoms with Gasteiger partial charge < -0.3 is 4.42 Å². The second-order valence-electron chi connectivity index (χ2n) is 5.64. The molecule has 0 fully saturated rings. The predicted molar refractivity (Wildman–Crippen MR) is 95.4 cm³/mol. The molecule has 0 saturated carbocycles. The minimum absolute atomic E-state index is 0.0148. The number of nitro groups is 1. The van der Waals surface area contributed by atoms with Crippen molar-refractivity contribution in [1.29, 1.82) is 5.26 Å². The largest absolute Gasteiger partial charge is 0.457 e. The molecule has 1 heterocycles. The topological polar surface area (TPSA) is 80.1 Å². The van der Waals surface area contributed by atoms with Gasteiger partial charge in [-0.15, -0.1) is 0 Å². The summed E-state index contributed by atoms with van der Waals surface area (Å²) < 4.78 is 18.8. The van der Waals surface area contributed by atoms with Crippen LogP contribution in [-0.2, 0) is 0 Å². The highest BCUT2D eigenvalue weighted by Gasteiger charge is 2.12. The average molecular weight is 348 g/mol. The average Bonchev–Trinajstić information content (AvgIpc) is 3.08. The fraction of sp³-hybridized carbons (Fsp3) is 0.0500. The van der Waals surface area contributed by atoms with Crippen LogP contribution in [0.1, 0.15) is 16.9 Å². The first-order valence-corrected chi connectivity index (χ1v) is 7.71. The van der Waals surface area contributed by atoms with Gasteiger partial charge in [0.05, 0.1) is 16.6 Å². The van der Waals surface area contributed by atoms with Crippen LogP contribution in [-0.4, -0.2) is 4.92 Å². The Balaban J connectivity index is 1.93. The fourth-order valence-corrected chi connectivity index (χ4v) is 2.56. The molecule has 1 aromatic heterocycles. The Morgan fingerprint density at radius 1 is 1.19 bits per heavy atom. The third-order valence-electron chi connectivity index (χ3n) is 3.88. The summed E-state index contributed by atoms with van der Waals surface area (Å²) in [4.78, 5) is 10.4. The number of aryl methyl sites for hydroxylation is 1. The van der Waals surface area contributed by atoms with Crippen LogP contribution < -0.4 is 0 Å². The number of nitro benzene ring substituents is 1. The van der Waals surface area contributed by atoms with Crippen molar-refractivity contribution in [3.05, 3.63) is 87.4 Å². The van der Waals surface area contributed by atoms with Crippen molar-refractivity contribution in [3.63, 3.8) is 0 Å². The van der Waals surface area contributed by atoms with Gasteiger partial charge in [0.2, 0.25) is 0 Å². The Bertz CT molecular complexity index is 1040. The number of non-ortho nitro benzene ring substituents is 1. The van der Waals surface area contributed by atoms with E-state index in [1.165, 1.54) is 36.4 Å². The molecule has 6 heteroatoms. The lowest BCUT2D eigenvalue weighted by Crippen LogP contribution is -1.89. The molecular formula is C20H13FN2O3. The summed E-state index contributed by atoms with van der Waals surface area (Å²) in [5, 5.41) is 20.2. The van der Waals surface area contributed by atoms with Gasteiger partial charge in [-0.1, -0.05) is 12.1 Å². The second-order valence-corrected chi connectivity index (χ2v) is 5.64. The molecule has 128 valence electrons. The van der Waals surface area contributed by atoms with Gasteiger partial charge in [0.25, 0.3) is 5.69 Å². The maximum absolute atomic E-state index is 13.0. The quantitative estimate of drug-likeness (QED) is 0.361. The van der Waals surface area contributed by atoms with Crippen LogP contribution in [0.4, 0.5) is 10.1 Å². The highest BCUT2D eigenvalue weighted by Crippen LogP contribution is 2.29. The van der Waals surface area contributed by atoms with E-state index in [0.29, 0.717) is 28.2 Å². The molecule has 3 rings (SSSR count). The van der Waals surface area contributed by atoms with Gasteiger partial charge in [-0.05, 0) is 54.5 Å². The first-order valence-electron chi connectivity index (χ1n) is 7.71. The Morgan fingerprint density at radius 2 is 1.92 bits per heavy atom. The van der Waals surface area contributed by atoms with Crippen molar-refractivity contribution < 1.29 is 13.7 Å². The Hall–Kier alpha value is -3.72. The van der Waals surface area contributed by atoms with Crippen LogP contribution in [0.2, 0.25) is 0 Å². The van der Waals surface area contributed by atoms with Crippen LogP contribution in [0.5, 0.6) is 0 Å². The number of furan rings is 1. The van der Waals surface area contributed by atoms with E-state index >= 15 is 0 Å². The SMILES string of the molecule is Cc1cc([N+](=O)[O-])ccc1-c1ccc(/C=C(/C#N)c2ccc(F)cc2)o1. The van der Waals surface area contributed by atoms with Crippen molar-refractivity contribution in [3.8, 4) is 17.4 Å². The summed E-state index contributed by atoms with van der Waals surface area (Å²) in [7, 11) is 0. The fourth-order valence-electron chi connectivity index (χ4n) is 2.56. The van der Waals surface area contributed by atoms with Crippen LogP contribution in [0.25, 0.3) is 23.0 Å². The minimum Gasteiger partial charge on any atom is -0.457 e. The van der Waals surface area contributed by atoms with E-state index in [2.05, 4.69) is 6.07 Å². The molecular weight excluding hydrogens is 335 g/mol. The molecule has 3 aromatic rings. The number of hydrogen-bond donors (Lipinski definition) is 0. The monoisotopic (exact) mass is 348 g/mol. The van der Waals surface area contributed by atoms with Gasteiger partial charge in [-0.25, -0.2) is 4.39 Å². The zero-order chi connectivity index (χ0) is 18.7. The predicted octanol–water partition coefficient (Wildman–Crippen LogP) is 5.37. The number of nitrogens with zero attached hydrogens (tertiary/aromatic N) is 2. The van der Waals surface area contributed by atoms with E-state index in [1.54, 1.807) is 31.2 Å². The maximum atomic E-state index is 13.0. The maximum Gasteiger partial charge on any atom is 0.269 e. The summed E-state index contributed by atoms with van der Waals surface area (Å²) in [5.41, 5.74) is 2.38. The first kappa shape index (κ1) is 17.1.